The summed E-state index contributed by atoms with van der Waals surface area (Å²) in [5.74, 6) is -0.467. The van der Waals surface area contributed by atoms with Crippen LogP contribution in [0.25, 0.3) is 0 Å². The van der Waals surface area contributed by atoms with E-state index in [0.717, 1.165) is 9.13 Å². The highest BCUT2D eigenvalue weighted by Gasteiger charge is 2.14. The fourth-order valence-electron chi connectivity index (χ4n) is 1.58. The lowest BCUT2D eigenvalue weighted by Crippen LogP contribution is -2.06. The predicted molar refractivity (Wildman–Crippen MR) is 72.0 cm³/mol. The number of rotatable bonds is 3. The Labute approximate surface area is 113 Å². The van der Waals surface area contributed by atoms with Gasteiger partial charge in [0.15, 0.2) is 0 Å². The van der Waals surface area contributed by atoms with Crippen molar-refractivity contribution in [2.75, 3.05) is 0 Å². The number of hydrogen-bond donors (Lipinski definition) is 1. The van der Waals surface area contributed by atoms with Crippen LogP contribution in [0, 0.1) is 9.39 Å². The van der Waals surface area contributed by atoms with Crippen LogP contribution >= 0.6 is 22.6 Å². The Bertz CT molecular complexity index is 501. The van der Waals surface area contributed by atoms with Gasteiger partial charge in [-0.1, -0.05) is 12.1 Å². The third kappa shape index (κ3) is 3.23. The molecule has 1 aromatic carbocycles. The lowest BCUT2D eigenvalue weighted by Gasteiger charge is -2.10. The van der Waals surface area contributed by atoms with E-state index in [2.05, 4.69) is 27.6 Å². The summed E-state index contributed by atoms with van der Waals surface area (Å²) in [5, 5.41) is 9.92. The summed E-state index contributed by atoms with van der Waals surface area (Å²) in [4.78, 5) is 3.87. The van der Waals surface area contributed by atoms with Gasteiger partial charge in [0, 0.05) is 16.2 Å². The molecule has 1 N–H and O–H groups in total. The molecule has 0 amide bonds. The quantitative estimate of drug-likeness (QED) is 0.869. The first-order valence-corrected chi connectivity index (χ1v) is 6.27. The number of aliphatic hydroxyl groups is 1. The van der Waals surface area contributed by atoms with Crippen molar-refractivity contribution in [1.29, 1.82) is 0 Å². The summed E-state index contributed by atoms with van der Waals surface area (Å²) >= 11 is 2.21. The van der Waals surface area contributed by atoms with E-state index >= 15 is 0 Å². The van der Waals surface area contributed by atoms with Gasteiger partial charge >= 0.3 is 0 Å². The van der Waals surface area contributed by atoms with Crippen LogP contribution in [-0.4, -0.2) is 10.1 Å². The van der Waals surface area contributed by atoms with Crippen LogP contribution in [0.3, 0.4) is 0 Å². The Hall–Kier alpha value is -1.01. The average molecular weight is 343 g/mol. The summed E-state index contributed by atoms with van der Waals surface area (Å²) in [7, 11) is 0. The van der Waals surface area contributed by atoms with Crippen LogP contribution in [0.1, 0.15) is 17.4 Å². The molecular formula is C13H11FINO. The zero-order valence-corrected chi connectivity index (χ0v) is 11.1. The molecular weight excluding hydrogens is 332 g/mol. The number of aliphatic hydroxyl groups excluding tert-OH is 1. The SMILES string of the molecule is OC(Cc1ccc(I)cc1)c1ncccc1F. The van der Waals surface area contributed by atoms with Gasteiger partial charge in [0.1, 0.15) is 17.6 Å². The molecule has 1 heterocycles. The first-order valence-electron chi connectivity index (χ1n) is 5.20. The predicted octanol–water partition coefficient (Wildman–Crippen LogP) is 3.10. The molecule has 0 aliphatic heterocycles. The molecule has 0 saturated carbocycles. The highest BCUT2D eigenvalue weighted by atomic mass is 127. The Morgan fingerprint density at radius 1 is 1.24 bits per heavy atom. The number of benzene rings is 1. The molecule has 4 heteroatoms. The summed E-state index contributed by atoms with van der Waals surface area (Å²) < 4.78 is 14.5. The number of nitrogens with zero attached hydrogens (tertiary/aromatic N) is 1. The van der Waals surface area contributed by atoms with Gasteiger partial charge in [-0.05, 0) is 52.4 Å². The van der Waals surface area contributed by atoms with Gasteiger partial charge in [-0.25, -0.2) is 4.39 Å². The minimum atomic E-state index is -0.906. The summed E-state index contributed by atoms with van der Waals surface area (Å²) in [5.41, 5.74) is 1.06. The van der Waals surface area contributed by atoms with E-state index in [9.17, 15) is 9.50 Å². The standard InChI is InChI=1S/C13H11FINO/c14-11-2-1-7-16-13(11)12(17)8-9-3-5-10(15)6-4-9/h1-7,12,17H,8H2. The van der Waals surface area contributed by atoms with Crippen LogP contribution < -0.4 is 0 Å². The molecule has 2 aromatic rings. The maximum atomic E-state index is 13.4. The molecule has 1 atom stereocenters. The Morgan fingerprint density at radius 2 is 1.94 bits per heavy atom. The molecule has 1 aromatic heterocycles. The molecule has 0 bridgehead atoms. The molecule has 0 fully saturated rings. The molecule has 1 unspecified atom stereocenters. The van der Waals surface area contributed by atoms with Crippen LogP contribution in [-0.2, 0) is 6.42 Å². The maximum absolute atomic E-state index is 13.4. The highest BCUT2D eigenvalue weighted by Crippen LogP contribution is 2.19. The van der Waals surface area contributed by atoms with Gasteiger partial charge in [-0.2, -0.15) is 0 Å². The van der Waals surface area contributed by atoms with Crippen LogP contribution in [0.2, 0.25) is 0 Å². The molecule has 0 saturated heterocycles. The Balaban J connectivity index is 2.14. The number of hydrogen-bond acceptors (Lipinski definition) is 2. The lowest BCUT2D eigenvalue weighted by atomic mass is 10.1. The topological polar surface area (TPSA) is 33.1 Å². The largest absolute Gasteiger partial charge is 0.386 e. The van der Waals surface area contributed by atoms with Crippen LogP contribution in [0.4, 0.5) is 4.39 Å². The van der Waals surface area contributed by atoms with Gasteiger partial charge in [-0.3, -0.25) is 4.98 Å². The van der Waals surface area contributed by atoms with E-state index in [1.807, 2.05) is 24.3 Å². The second-order valence-electron chi connectivity index (χ2n) is 3.72. The molecule has 2 nitrogen and oxygen atoms in total. The first kappa shape index (κ1) is 12.4. The fourth-order valence-corrected chi connectivity index (χ4v) is 1.94. The highest BCUT2D eigenvalue weighted by molar-refractivity contribution is 14.1. The van der Waals surface area contributed by atoms with Crippen molar-refractivity contribution < 1.29 is 9.50 Å². The Morgan fingerprint density at radius 3 is 2.59 bits per heavy atom. The molecule has 2 rings (SSSR count). The molecule has 0 radical (unpaired) electrons. The van der Waals surface area contributed by atoms with Crippen molar-refractivity contribution in [3.63, 3.8) is 0 Å². The summed E-state index contributed by atoms with van der Waals surface area (Å²) in [6.07, 6.45) is 0.941. The van der Waals surface area contributed by atoms with Crippen LogP contribution in [0.5, 0.6) is 0 Å². The van der Waals surface area contributed by atoms with Crippen molar-refractivity contribution in [2.24, 2.45) is 0 Å². The van der Waals surface area contributed by atoms with Crippen molar-refractivity contribution in [1.82, 2.24) is 4.98 Å². The van der Waals surface area contributed by atoms with Crippen molar-refractivity contribution in [3.05, 3.63) is 63.2 Å². The van der Waals surface area contributed by atoms with Gasteiger partial charge < -0.3 is 5.11 Å². The molecule has 17 heavy (non-hydrogen) atoms. The molecule has 0 aliphatic rings. The lowest BCUT2D eigenvalue weighted by molar-refractivity contribution is 0.168. The second kappa shape index (κ2) is 5.55. The van der Waals surface area contributed by atoms with E-state index in [1.54, 1.807) is 0 Å². The van der Waals surface area contributed by atoms with Crippen molar-refractivity contribution in [2.45, 2.75) is 12.5 Å². The molecule has 88 valence electrons. The van der Waals surface area contributed by atoms with Gasteiger partial charge in [-0.15, -0.1) is 0 Å². The monoisotopic (exact) mass is 343 g/mol. The third-order valence-corrected chi connectivity index (χ3v) is 3.16. The van der Waals surface area contributed by atoms with Crippen molar-refractivity contribution >= 4 is 22.6 Å². The number of pyridine rings is 1. The smallest absolute Gasteiger partial charge is 0.147 e. The minimum Gasteiger partial charge on any atom is -0.386 e. The van der Waals surface area contributed by atoms with E-state index < -0.39 is 11.9 Å². The number of halogens is 2. The summed E-state index contributed by atoms with van der Waals surface area (Å²) in [6, 6.07) is 10.6. The van der Waals surface area contributed by atoms with E-state index in [-0.39, 0.29) is 5.69 Å². The second-order valence-corrected chi connectivity index (χ2v) is 4.96. The van der Waals surface area contributed by atoms with E-state index in [0.29, 0.717) is 6.42 Å². The zero-order valence-electron chi connectivity index (χ0n) is 8.98. The normalized spacial score (nSPS) is 12.4. The molecule has 0 spiro atoms. The van der Waals surface area contributed by atoms with Gasteiger partial charge in [0.05, 0.1) is 0 Å². The van der Waals surface area contributed by atoms with Gasteiger partial charge in [0.25, 0.3) is 0 Å². The molecule has 0 aliphatic carbocycles. The summed E-state index contributed by atoms with van der Waals surface area (Å²) in [6.45, 7) is 0. The maximum Gasteiger partial charge on any atom is 0.147 e. The fraction of sp³-hybridized carbons (Fsp3) is 0.154. The third-order valence-electron chi connectivity index (χ3n) is 2.44. The van der Waals surface area contributed by atoms with E-state index in [1.165, 1.54) is 18.3 Å². The van der Waals surface area contributed by atoms with E-state index in [4.69, 9.17) is 0 Å². The zero-order chi connectivity index (χ0) is 12.3. The van der Waals surface area contributed by atoms with Gasteiger partial charge in [0.2, 0.25) is 0 Å². The van der Waals surface area contributed by atoms with Crippen LogP contribution in [0.15, 0.2) is 42.6 Å². The van der Waals surface area contributed by atoms with Crippen molar-refractivity contribution in [3.8, 4) is 0 Å². The first-order chi connectivity index (χ1) is 8.16. The number of aromatic nitrogens is 1. The minimum absolute atomic E-state index is 0.103. The average Bonchev–Trinajstić information content (AvgIpc) is 2.32. The Kier molecular flexibility index (Phi) is 4.06.